The van der Waals surface area contributed by atoms with Crippen LogP contribution in [0.1, 0.15) is 12.6 Å². The van der Waals surface area contributed by atoms with Crippen molar-refractivity contribution in [2.45, 2.75) is 24.4 Å². The van der Waals surface area contributed by atoms with E-state index in [1.807, 2.05) is 0 Å². The van der Waals surface area contributed by atoms with Crippen LogP contribution in [-0.4, -0.2) is 25.4 Å². The number of nitrogens with zero attached hydrogens (tertiary/aromatic N) is 1. The molecule has 6 nitrogen and oxygen atoms in total. The molecule has 2 N–H and O–H groups in total. The first-order valence-electron chi connectivity index (χ1n) is 6.31. The molecule has 0 fully saturated rings. The number of aromatic nitrogens is 1. The monoisotopic (exact) mass is 343 g/mol. The predicted molar refractivity (Wildman–Crippen MR) is 80.1 cm³/mol. The fourth-order valence-electron chi connectivity index (χ4n) is 1.62. The molecule has 22 heavy (non-hydrogen) atoms. The summed E-state index contributed by atoms with van der Waals surface area (Å²) in [4.78, 5) is 15.8. The van der Waals surface area contributed by atoms with Crippen molar-refractivity contribution in [1.29, 1.82) is 0 Å². The highest BCUT2D eigenvalue weighted by Crippen LogP contribution is 2.10. The summed E-state index contributed by atoms with van der Waals surface area (Å²) in [6.07, 6.45) is 0. The third-order valence-electron chi connectivity index (χ3n) is 2.78. The van der Waals surface area contributed by atoms with Crippen LogP contribution >= 0.6 is 11.3 Å². The van der Waals surface area contributed by atoms with Crippen LogP contribution in [-0.2, 0) is 21.4 Å². The molecule has 118 valence electrons. The van der Waals surface area contributed by atoms with Crippen LogP contribution in [0.2, 0.25) is 0 Å². The number of carbonyl (C=O) groups is 1. The summed E-state index contributed by atoms with van der Waals surface area (Å²) >= 11 is 1.40. The van der Waals surface area contributed by atoms with Crippen LogP contribution in [0.3, 0.4) is 0 Å². The summed E-state index contributed by atoms with van der Waals surface area (Å²) in [6, 6.07) is 3.40. The number of carbonyl (C=O) groups excluding carboxylic acids is 1. The Bertz CT molecular complexity index is 730. The minimum atomic E-state index is -3.88. The first-order chi connectivity index (χ1) is 10.4. The van der Waals surface area contributed by atoms with E-state index in [0.29, 0.717) is 5.69 Å². The number of nitrogens with one attached hydrogen (secondary N) is 2. The molecule has 0 aliphatic carbocycles. The molecule has 0 spiro atoms. The predicted octanol–water partition coefficient (Wildman–Crippen LogP) is 1.27. The lowest BCUT2D eigenvalue weighted by atomic mass is 10.3. The van der Waals surface area contributed by atoms with Crippen LogP contribution in [0.25, 0.3) is 0 Å². The van der Waals surface area contributed by atoms with E-state index in [2.05, 4.69) is 15.0 Å². The van der Waals surface area contributed by atoms with Crippen molar-refractivity contribution in [2.75, 3.05) is 0 Å². The zero-order valence-corrected chi connectivity index (χ0v) is 13.2. The molecular formula is C13H14FN3O3S2. The number of hydrogen-bond donors (Lipinski definition) is 2. The molecule has 0 unspecified atom stereocenters. The Morgan fingerprint density at radius 1 is 1.36 bits per heavy atom. The number of hydrogen-bond acceptors (Lipinski definition) is 5. The molecular weight excluding hydrogens is 329 g/mol. The maximum atomic E-state index is 12.8. The van der Waals surface area contributed by atoms with E-state index in [4.69, 9.17) is 0 Å². The summed E-state index contributed by atoms with van der Waals surface area (Å²) in [5.74, 6) is -1.01. The Hall–Kier alpha value is -1.84. The number of sulfonamides is 1. The maximum absolute atomic E-state index is 12.8. The van der Waals surface area contributed by atoms with Gasteiger partial charge in [-0.2, -0.15) is 4.72 Å². The molecule has 1 heterocycles. The highest BCUT2D eigenvalue weighted by Gasteiger charge is 2.21. The van der Waals surface area contributed by atoms with Gasteiger partial charge in [0.2, 0.25) is 15.9 Å². The van der Waals surface area contributed by atoms with Gasteiger partial charge in [-0.15, -0.1) is 11.3 Å². The fourth-order valence-corrected chi connectivity index (χ4v) is 3.38. The lowest BCUT2D eigenvalue weighted by Crippen LogP contribution is -2.44. The van der Waals surface area contributed by atoms with Gasteiger partial charge in [0.25, 0.3) is 0 Å². The van der Waals surface area contributed by atoms with Crippen molar-refractivity contribution in [3.63, 3.8) is 0 Å². The Labute approximate surface area is 131 Å². The molecule has 0 aliphatic heterocycles. The van der Waals surface area contributed by atoms with Crippen LogP contribution in [0, 0.1) is 5.82 Å². The van der Waals surface area contributed by atoms with Gasteiger partial charge in [0.05, 0.1) is 28.7 Å². The molecule has 1 amide bonds. The van der Waals surface area contributed by atoms with Crippen molar-refractivity contribution in [2.24, 2.45) is 0 Å². The Morgan fingerprint density at radius 3 is 2.64 bits per heavy atom. The van der Waals surface area contributed by atoms with Gasteiger partial charge in [-0.1, -0.05) is 0 Å². The summed E-state index contributed by atoms with van der Waals surface area (Å²) in [5, 5.41) is 4.37. The van der Waals surface area contributed by atoms with Crippen molar-refractivity contribution in [1.82, 2.24) is 15.0 Å². The third kappa shape index (κ3) is 4.33. The zero-order chi connectivity index (χ0) is 16.2. The largest absolute Gasteiger partial charge is 0.349 e. The van der Waals surface area contributed by atoms with E-state index in [9.17, 15) is 17.6 Å². The second-order valence-electron chi connectivity index (χ2n) is 4.49. The quantitative estimate of drug-likeness (QED) is 0.827. The number of halogens is 1. The van der Waals surface area contributed by atoms with Gasteiger partial charge < -0.3 is 5.32 Å². The standard InChI is InChI=1S/C13H14FN3O3S2/c1-9(13(18)15-6-11-7-21-8-16-11)17-22(19,20)12-4-2-10(14)3-5-12/h2-5,7-9,17H,6H2,1H3,(H,15,18)/t9-/m0/s1. The van der Waals surface area contributed by atoms with E-state index in [1.165, 1.54) is 18.3 Å². The van der Waals surface area contributed by atoms with Crippen molar-refractivity contribution >= 4 is 27.3 Å². The van der Waals surface area contributed by atoms with Gasteiger partial charge >= 0.3 is 0 Å². The summed E-state index contributed by atoms with van der Waals surface area (Å²) < 4.78 is 39.2. The highest BCUT2D eigenvalue weighted by atomic mass is 32.2. The van der Waals surface area contributed by atoms with Gasteiger partial charge in [0.1, 0.15) is 5.82 Å². The van der Waals surface area contributed by atoms with Gasteiger partial charge in [-0.25, -0.2) is 17.8 Å². The highest BCUT2D eigenvalue weighted by molar-refractivity contribution is 7.89. The Kier molecular flexibility index (Phi) is 5.22. The molecule has 0 saturated heterocycles. The molecule has 1 aromatic carbocycles. The molecule has 0 aliphatic rings. The number of rotatable bonds is 6. The number of thiazole rings is 1. The molecule has 1 aromatic heterocycles. The topological polar surface area (TPSA) is 88.2 Å². The van der Waals surface area contributed by atoms with Crippen molar-refractivity contribution < 1.29 is 17.6 Å². The van der Waals surface area contributed by atoms with Gasteiger partial charge in [-0.3, -0.25) is 4.79 Å². The van der Waals surface area contributed by atoms with E-state index in [-0.39, 0.29) is 11.4 Å². The smallest absolute Gasteiger partial charge is 0.241 e. The van der Waals surface area contributed by atoms with E-state index in [0.717, 1.165) is 24.3 Å². The molecule has 2 aromatic rings. The average molecular weight is 343 g/mol. The average Bonchev–Trinajstić information content (AvgIpc) is 2.98. The summed E-state index contributed by atoms with van der Waals surface area (Å²) in [7, 11) is -3.88. The minimum Gasteiger partial charge on any atom is -0.349 e. The Balaban J connectivity index is 1.96. The molecule has 0 radical (unpaired) electrons. The van der Waals surface area contributed by atoms with Crippen LogP contribution < -0.4 is 10.0 Å². The summed E-state index contributed by atoms with van der Waals surface area (Å²) in [5.41, 5.74) is 2.34. The second kappa shape index (κ2) is 6.95. The first kappa shape index (κ1) is 16.5. The number of amides is 1. The molecule has 0 saturated carbocycles. The van der Waals surface area contributed by atoms with E-state index < -0.39 is 27.8 Å². The normalized spacial score (nSPS) is 12.8. The molecule has 2 rings (SSSR count). The SMILES string of the molecule is C[C@H](NS(=O)(=O)c1ccc(F)cc1)C(=O)NCc1cscn1. The van der Waals surface area contributed by atoms with E-state index >= 15 is 0 Å². The molecule has 1 atom stereocenters. The maximum Gasteiger partial charge on any atom is 0.241 e. The number of benzene rings is 1. The minimum absolute atomic E-state index is 0.104. The van der Waals surface area contributed by atoms with Crippen molar-refractivity contribution in [3.05, 3.63) is 46.7 Å². The second-order valence-corrected chi connectivity index (χ2v) is 6.93. The zero-order valence-electron chi connectivity index (χ0n) is 11.6. The van der Waals surface area contributed by atoms with Crippen LogP contribution in [0.15, 0.2) is 40.1 Å². The Morgan fingerprint density at radius 2 is 2.05 bits per heavy atom. The van der Waals surface area contributed by atoms with Gasteiger partial charge in [0.15, 0.2) is 0 Å². The van der Waals surface area contributed by atoms with Crippen LogP contribution in [0.5, 0.6) is 0 Å². The van der Waals surface area contributed by atoms with E-state index in [1.54, 1.807) is 10.9 Å². The van der Waals surface area contributed by atoms with Crippen molar-refractivity contribution in [3.8, 4) is 0 Å². The summed E-state index contributed by atoms with van der Waals surface area (Å²) in [6.45, 7) is 1.66. The third-order valence-corrected chi connectivity index (χ3v) is 4.97. The fraction of sp³-hybridized carbons (Fsp3) is 0.231. The first-order valence-corrected chi connectivity index (χ1v) is 8.74. The van der Waals surface area contributed by atoms with Gasteiger partial charge in [-0.05, 0) is 31.2 Å². The van der Waals surface area contributed by atoms with Gasteiger partial charge in [0, 0.05) is 5.38 Å². The molecule has 0 bridgehead atoms. The lowest BCUT2D eigenvalue weighted by Gasteiger charge is -2.14. The lowest BCUT2D eigenvalue weighted by molar-refractivity contribution is -0.122. The molecule has 9 heteroatoms. The van der Waals surface area contributed by atoms with Crippen LogP contribution in [0.4, 0.5) is 4.39 Å².